The van der Waals surface area contributed by atoms with Crippen LogP contribution in [-0.2, 0) is 13.5 Å². The molecule has 0 amide bonds. The van der Waals surface area contributed by atoms with Crippen LogP contribution in [0.25, 0.3) is 0 Å². The van der Waals surface area contributed by atoms with Crippen LogP contribution in [-0.4, -0.2) is 40.1 Å². The first-order valence-corrected chi connectivity index (χ1v) is 6.36. The van der Waals surface area contributed by atoms with E-state index in [1.54, 1.807) is 11.6 Å². The molecule has 0 N–H and O–H groups in total. The van der Waals surface area contributed by atoms with Crippen LogP contribution in [0.3, 0.4) is 0 Å². The van der Waals surface area contributed by atoms with E-state index < -0.39 is 0 Å². The number of likely N-dealkylation sites (tertiary alicyclic amines) is 1. The quantitative estimate of drug-likeness (QED) is 0.742. The average molecular weight is 235 g/mol. The van der Waals surface area contributed by atoms with Crippen molar-refractivity contribution < 1.29 is 4.79 Å². The predicted molar refractivity (Wildman–Crippen MR) is 67.1 cm³/mol. The molecule has 4 heteroatoms. The van der Waals surface area contributed by atoms with Crippen molar-refractivity contribution in [2.75, 3.05) is 19.6 Å². The molecule has 0 bridgehead atoms. The van der Waals surface area contributed by atoms with Crippen molar-refractivity contribution >= 4 is 5.78 Å². The zero-order valence-corrected chi connectivity index (χ0v) is 10.9. The van der Waals surface area contributed by atoms with Gasteiger partial charge < -0.3 is 4.90 Å². The Hall–Kier alpha value is -1.16. The van der Waals surface area contributed by atoms with Crippen LogP contribution < -0.4 is 0 Å². The van der Waals surface area contributed by atoms with Crippen LogP contribution in [0.1, 0.15) is 36.5 Å². The number of carbonyl (C=O) groups is 1. The van der Waals surface area contributed by atoms with Gasteiger partial charge in [-0.1, -0.05) is 6.92 Å². The van der Waals surface area contributed by atoms with Crippen LogP contribution >= 0.6 is 0 Å². The Balaban J connectivity index is 2.00. The molecule has 1 aromatic rings. The highest BCUT2D eigenvalue weighted by Crippen LogP contribution is 2.20. The second kappa shape index (κ2) is 5.00. The van der Waals surface area contributed by atoms with Gasteiger partial charge in [0.2, 0.25) is 0 Å². The summed E-state index contributed by atoms with van der Waals surface area (Å²) in [5.41, 5.74) is 1.77. The highest BCUT2D eigenvalue weighted by Gasteiger charge is 2.22. The molecule has 0 radical (unpaired) electrons. The van der Waals surface area contributed by atoms with Crippen molar-refractivity contribution in [2.45, 2.75) is 26.7 Å². The van der Waals surface area contributed by atoms with Crippen LogP contribution in [0.5, 0.6) is 0 Å². The molecule has 0 saturated carbocycles. The maximum Gasteiger partial charge on any atom is 0.177 e. The van der Waals surface area contributed by atoms with Crippen LogP contribution in [0.4, 0.5) is 0 Å². The molecule has 17 heavy (non-hydrogen) atoms. The van der Waals surface area contributed by atoms with Gasteiger partial charge in [-0.15, -0.1) is 0 Å². The summed E-state index contributed by atoms with van der Waals surface area (Å²) in [5.74, 6) is 0.789. The number of Topliss-reactive ketones (excluding diaryl/α,β-unsaturated/α-hetero) is 1. The Morgan fingerprint density at radius 2 is 2.35 bits per heavy atom. The molecular weight excluding hydrogens is 214 g/mol. The lowest BCUT2D eigenvalue weighted by molar-refractivity contribution is 0.100. The van der Waals surface area contributed by atoms with Crippen LogP contribution in [0.2, 0.25) is 0 Å². The van der Waals surface area contributed by atoms with Crippen LogP contribution in [0, 0.1) is 5.92 Å². The van der Waals surface area contributed by atoms with Gasteiger partial charge in [0, 0.05) is 20.5 Å². The summed E-state index contributed by atoms with van der Waals surface area (Å²) in [7, 11) is 1.84. The number of rotatable bonds is 4. The third-order valence-corrected chi connectivity index (χ3v) is 3.61. The number of aryl methyl sites for hydroxylation is 1. The van der Waals surface area contributed by atoms with Gasteiger partial charge in [0.15, 0.2) is 5.78 Å². The van der Waals surface area contributed by atoms with Gasteiger partial charge >= 0.3 is 0 Å². The van der Waals surface area contributed by atoms with E-state index in [1.807, 2.05) is 13.1 Å². The first kappa shape index (κ1) is 12.3. The zero-order valence-electron chi connectivity index (χ0n) is 10.9. The first-order chi connectivity index (χ1) is 8.10. The Bertz CT molecular complexity index is 411. The molecule has 1 aliphatic rings. The molecule has 0 aromatic carbocycles. The normalized spacial score (nSPS) is 21.0. The average Bonchev–Trinajstić information content (AvgIpc) is 2.85. The van der Waals surface area contributed by atoms with Gasteiger partial charge in [0.05, 0.1) is 5.69 Å². The fourth-order valence-electron chi connectivity index (χ4n) is 2.62. The van der Waals surface area contributed by atoms with Crippen molar-refractivity contribution in [3.8, 4) is 0 Å². The molecular formula is C13H21N3O. The van der Waals surface area contributed by atoms with E-state index in [0.717, 1.165) is 18.7 Å². The molecule has 2 heterocycles. The molecule has 94 valence electrons. The van der Waals surface area contributed by atoms with Gasteiger partial charge in [-0.25, -0.2) is 0 Å². The monoisotopic (exact) mass is 235 g/mol. The standard InChI is InChI=1S/C13H21N3O/c1-4-16-6-5-11(9-16)7-12-8-13(10(2)17)15(3)14-12/h8,11H,4-7,9H2,1-3H3. The molecule has 4 nitrogen and oxygen atoms in total. The number of hydrogen-bond acceptors (Lipinski definition) is 3. The van der Waals surface area contributed by atoms with Gasteiger partial charge in [0.1, 0.15) is 5.69 Å². The number of carbonyl (C=O) groups excluding carboxylic acids is 1. The molecule has 1 unspecified atom stereocenters. The molecule has 0 aliphatic carbocycles. The topological polar surface area (TPSA) is 38.1 Å². The Kier molecular flexibility index (Phi) is 3.62. The van der Waals surface area contributed by atoms with Crippen LogP contribution in [0.15, 0.2) is 6.07 Å². The van der Waals surface area contributed by atoms with E-state index in [4.69, 9.17) is 0 Å². The third kappa shape index (κ3) is 2.75. The second-order valence-electron chi connectivity index (χ2n) is 4.95. The van der Waals surface area contributed by atoms with Gasteiger partial charge in [0.25, 0.3) is 0 Å². The molecule has 1 saturated heterocycles. The Morgan fingerprint density at radius 3 is 2.88 bits per heavy atom. The molecule has 0 spiro atoms. The van der Waals surface area contributed by atoms with Crippen molar-refractivity contribution in [2.24, 2.45) is 13.0 Å². The van der Waals surface area contributed by atoms with Gasteiger partial charge in [-0.2, -0.15) is 5.10 Å². The number of ketones is 1. The summed E-state index contributed by atoms with van der Waals surface area (Å²) in [5, 5.41) is 4.42. The van der Waals surface area contributed by atoms with E-state index >= 15 is 0 Å². The minimum absolute atomic E-state index is 0.0906. The van der Waals surface area contributed by atoms with E-state index in [0.29, 0.717) is 11.6 Å². The largest absolute Gasteiger partial charge is 0.303 e. The number of aromatic nitrogens is 2. The predicted octanol–water partition coefficient (Wildman–Crippen LogP) is 1.51. The Morgan fingerprint density at radius 1 is 1.59 bits per heavy atom. The summed E-state index contributed by atoms with van der Waals surface area (Å²) in [6.45, 7) is 7.31. The fourth-order valence-corrected chi connectivity index (χ4v) is 2.62. The lowest BCUT2D eigenvalue weighted by Crippen LogP contribution is -2.20. The van der Waals surface area contributed by atoms with Gasteiger partial charge in [-0.3, -0.25) is 9.48 Å². The van der Waals surface area contributed by atoms with Crippen molar-refractivity contribution in [1.29, 1.82) is 0 Å². The lowest BCUT2D eigenvalue weighted by atomic mass is 10.0. The molecule has 1 aliphatic heterocycles. The maximum atomic E-state index is 11.3. The van der Waals surface area contributed by atoms with Crippen molar-refractivity contribution in [3.05, 3.63) is 17.5 Å². The lowest BCUT2D eigenvalue weighted by Gasteiger charge is -2.11. The van der Waals surface area contributed by atoms with E-state index in [2.05, 4.69) is 16.9 Å². The second-order valence-corrected chi connectivity index (χ2v) is 4.95. The summed E-state index contributed by atoms with van der Waals surface area (Å²) < 4.78 is 1.70. The highest BCUT2D eigenvalue weighted by molar-refractivity contribution is 5.92. The fraction of sp³-hybridized carbons (Fsp3) is 0.692. The zero-order chi connectivity index (χ0) is 12.4. The van der Waals surface area contributed by atoms with Crippen molar-refractivity contribution in [1.82, 2.24) is 14.7 Å². The smallest absolute Gasteiger partial charge is 0.177 e. The first-order valence-electron chi connectivity index (χ1n) is 6.36. The van der Waals surface area contributed by atoms with E-state index in [1.165, 1.54) is 19.5 Å². The van der Waals surface area contributed by atoms with Crippen molar-refractivity contribution in [3.63, 3.8) is 0 Å². The summed E-state index contributed by atoms with van der Waals surface area (Å²) in [6.07, 6.45) is 2.25. The van der Waals surface area contributed by atoms with E-state index in [-0.39, 0.29) is 5.78 Å². The molecule has 1 atom stereocenters. The number of hydrogen-bond donors (Lipinski definition) is 0. The SMILES string of the molecule is CCN1CCC(Cc2cc(C(C)=O)n(C)n2)C1. The summed E-state index contributed by atoms with van der Waals surface area (Å²) in [4.78, 5) is 13.8. The maximum absolute atomic E-state index is 11.3. The highest BCUT2D eigenvalue weighted by atomic mass is 16.1. The molecule has 2 rings (SSSR count). The minimum Gasteiger partial charge on any atom is -0.303 e. The van der Waals surface area contributed by atoms with Gasteiger partial charge in [-0.05, 0) is 37.9 Å². The Labute approximate surface area is 103 Å². The summed E-state index contributed by atoms with van der Waals surface area (Å²) in [6, 6.07) is 1.94. The third-order valence-electron chi connectivity index (χ3n) is 3.61. The molecule has 1 aromatic heterocycles. The minimum atomic E-state index is 0.0906. The molecule has 1 fully saturated rings. The van der Waals surface area contributed by atoms with E-state index in [9.17, 15) is 4.79 Å². The summed E-state index contributed by atoms with van der Waals surface area (Å²) >= 11 is 0. The number of nitrogens with zero attached hydrogens (tertiary/aromatic N) is 3.